The summed E-state index contributed by atoms with van der Waals surface area (Å²) in [6.07, 6.45) is -15.4. The number of halogens is 6. The van der Waals surface area contributed by atoms with Crippen molar-refractivity contribution in [1.29, 1.82) is 0 Å². The van der Waals surface area contributed by atoms with Gasteiger partial charge in [-0.25, -0.2) is 14.6 Å². The van der Waals surface area contributed by atoms with Crippen LogP contribution in [0.15, 0.2) is 18.3 Å². The molecule has 2 amide bonds. The molecule has 1 aromatic heterocycles. The van der Waals surface area contributed by atoms with Crippen molar-refractivity contribution < 1.29 is 55.3 Å². The molecule has 0 radical (unpaired) electrons. The molecule has 3 rings (SSSR count). The minimum atomic E-state index is -5.79. The van der Waals surface area contributed by atoms with Crippen LogP contribution in [0, 0.1) is 11.3 Å². The van der Waals surface area contributed by atoms with Crippen LogP contribution in [0.25, 0.3) is 0 Å². The summed E-state index contributed by atoms with van der Waals surface area (Å²) in [5, 5.41) is 11.2. The molecule has 0 unspecified atom stereocenters. The fourth-order valence-electron chi connectivity index (χ4n) is 3.80. The molecule has 0 bridgehead atoms. The lowest BCUT2D eigenvalue weighted by molar-refractivity contribution is -0.308. The lowest BCUT2D eigenvalue weighted by Crippen LogP contribution is -2.49. The van der Waals surface area contributed by atoms with Crippen LogP contribution in [0.4, 0.5) is 36.8 Å². The van der Waals surface area contributed by atoms with Crippen LogP contribution in [0.3, 0.4) is 0 Å². The van der Waals surface area contributed by atoms with E-state index in [1.807, 2.05) is 0 Å². The largest absolute Gasteiger partial charge is 0.479 e. The van der Waals surface area contributed by atoms with E-state index < -0.39 is 48.5 Å². The zero-order valence-corrected chi connectivity index (χ0v) is 17.3. The number of nitrogens with zero attached hydrogens (tertiary/aromatic N) is 2. The number of likely N-dealkylation sites (tertiary alicyclic amines) is 1. The molecule has 2 fully saturated rings. The van der Waals surface area contributed by atoms with Crippen molar-refractivity contribution in [3.05, 3.63) is 18.3 Å². The molecule has 34 heavy (non-hydrogen) atoms. The van der Waals surface area contributed by atoms with Gasteiger partial charge in [-0.15, -0.1) is 0 Å². The predicted octanol–water partition coefficient (Wildman–Crippen LogP) is 3.22. The summed E-state index contributed by atoms with van der Waals surface area (Å²) in [5.41, 5.74) is -0.187. The molecule has 188 valence electrons. The van der Waals surface area contributed by atoms with E-state index in [1.165, 1.54) is 18.3 Å². The Morgan fingerprint density at radius 1 is 1.15 bits per heavy atom. The minimum absolute atomic E-state index is 0.0424. The first kappa shape index (κ1) is 25.4. The van der Waals surface area contributed by atoms with Gasteiger partial charge in [-0.1, -0.05) is 0 Å². The highest BCUT2D eigenvalue weighted by atomic mass is 19.4. The second-order valence-corrected chi connectivity index (χ2v) is 8.01. The predicted molar refractivity (Wildman–Crippen MR) is 99.7 cm³/mol. The van der Waals surface area contributed by atoms with Gasteiger partial charge in [-0.3, -0.25) is 4.79 Å². The lowest BCUT2D eigenvalue weighted by Gasteiger charge is -2.33. The number of aromatic nitrogens is 1. The molecule has 2 N–H and O–H groups in total. The van der Waals surface area contributed by atoms with Crippen molar-refractivity contribution in [3.8, 4) is 5.88 Å². The molecular weight excluding hydrogens is 480 g/mol. The van der Waals surface area contributed by atoms with Crippen LogP contribution in [-0.2, 0) is 14.3 Å². The molecular formula is C19H19F6N3O6. The Morgan fingerprint density at radius 2 is 1.76 bits per heavy atom. The number of hydrogen-bond acceptors (Lipinski definition) is 6. The highest BCUT2D eigenvalue weighted by Gasteiger charge is 2.61. The maximum atomic E-state index is 12.6. The number of amides is 2. The standard InChI is InChI=1S/C19H19F6N3O6/c20-18(21,22)15(19(23,24)25)34-16(32)28-5-3-17(4-6-28)7-11(17)14(31)27-10-1-2-12(26-8-10)33-9-13(29)30/h1-2,8,11,15H,3-7,9H2,(H,27,31)(H,29,30)/t11-/m0/s1. The van der Waals surface area contributed by atoms with Gasteiger partial charge in [-0.05, 0) is 30.7 Å². The number of carbonyl (C=O) groups is 3. The summed E-state index contributed by atoms with van der Waals surface area (Å²) in [6.45, 7) is -0.884. The van der Waals surface area contributed by atoms with Crippen molar-refractivity contribution in [2.75, 3.05) is 25.0 Å². The normalized spacial score (nSPS) is 19.6. The molecule has 1 aliphatic carbocycles. The van der Waals surface area contributed by atoms with Crippen LogP contribution < -0.4 is 10.1 Å². The summed E-state index contributed by atoms with van der Waals surface area (Å²) in [5.74, 6) is -1.95. The molecule has 9 nitrogen and oxygen atoms in total. The number of hydrogen-bond donors (Lipinski definition) is 2. The topological polar surface area (TPSA) is 118 Å². The third-order valence-corrected chi connectivity index (χ3v) is 5.68. The molecule has 2 aliphatic rings. The fraction of sp³-hybridized carbons (Fsp3) is 0.579. The zero-order chi connectivity index (χ0) is 25.3. The molecule has 1 spiro atoms. The highest BCUT2D eigenvalue weighted by Crippen LogP contribution is 2.59. The Balaban J connectivity index is 1.49. The molecule has 1 aromatic rings. The summed E-state index contributed by atoms with van der Waals surface area (Å²) in [4.78, 5) is 39.5. The molecule has 15 heteroatoms. The fourth-order valence-corrected chi connectivity index (χ4v) is 3.80. The average Bonchev–Trinajstić information content (AvgIpc) is 3.43. The number of piperidine rings is 1. The quantitative estimate of drug-likeness (QED) is 0.577. The molecule has 1 saturated heterocycles. The monoisotopic (exact) mass is 499 g/mol. The van der Waals surface area contributed by atoms with Crippen molar-refractivity contribution in [2.45, 2.75) is 37.7 Å². The summed E-state index contributed by atoms with van der Waals surface area (Å²) in [6, 6.07) is 2.81. The Morgan fingerprint density at radius 3 is 2.26 bits per heavy atom. The SMILES string of the molecule is O=C(O)COc1ccc(NC(=O)[C@@H]2CC23CCN(C(=O)OC(C(F)(F)F)C(F)(F)F)CC3)cn1. The van der Waals surface area contributed by atoms with E-state index in [1.54, 1.807) is 0 Å². The van der Waals surface area contributed by atoms with Crippen LogP contribution in [0.1, 0.15) is 19.3 Å². The van der Waals surface area contributed by atoms with Crippen molar-refractivity contribution in [2.24, 2.45) is 11.3 Å². The average molecular weight is 499 g/mol. The number of nitrogens with one attached hydrogen (secondary N) is 1. The van der Waals surface area contributed by atoms with E-state index in [4.69, 9.17) is 9.84 Å². The summed E-state index contributed by atoms with van der Waals surface area (Å²) < 4.78 is 84.1. The van der Waals surface area contributed by atoms with Gasteiger partial charge in [0.1, 0.15) is 0 Å². The van der Waals surface area contributed by atoms with Crippen molar-refractivity contribution in [3.63, 3.8) is 0 Å². The van der Waals surface area contributed by atoms with Gasteiger partial charge in [0.05, 0.1) is 11.9 Å². The Kier molecular flexibility index (Phi) is 6.85. The van der Waals surface area contributed by atoms with Crippen LogP contribution in [0.5, 0.6) is 5.88 Å². The molecule has 1 atom stereocenters. The molecule has 1 saturated carbocycles. The number of pyridine rings is 1. The Bertz CT molecular complexity index is 914. The number of aliphatic carboxylic acids is 1. The van der Waals surface area contributed by atoms with Gasteiger partial charge in [0.25, 0.3) is 6.10 Å². The van der Waals surface area contributed by atoms with E-state index in [0.717, 1.165) is 4.90 Å². The van der Waals surface area contributed by atoms with Crippen LogP contribution in [-0.4, -0.2) is 71.1 Å². The van der Waals surface area contributed by atoms with E-state index in [9.17, 15) is 40.7 Å². The van der Waals surface area contributed by atoms with Gasteiger partial charge in [0, 0.05) is 25.1 Å². The summed E-state index contributed by atoms with van der Waals surface area (Å²) in [7, 11) is 0. The minimum Gasteiger partial charge on any atom is -0.479 e. The third-order valence-electron chi connectivity index (χ3n) is 5.68. The van der Waals surface area contributed by atoms with E-state index >= 15 is 0 Å². The third kappa shape index (κ3) is 5.99. The van der Waals surface area contributed by atoms with Gasteiger partial charge in [0.15, 0.2) is 6.61 Å². The highest BCUT2D eigenvalue weighted by molar-refractivity contribution is 5.95. The number of carboxylic acid groups (broad SMARTS) is 1. The number of carbonyl (C=O) groups excluding carboxylic acids is 2. The number of rotatable bonds is 6. The first-order chi connectivity index (χ1) is 15.7. The van der Waals surface area contributed by atoms with E-state index in [2.05, 4.69) is 15.0 Å². The van der Waals surface area contributed by atoms with Gasteiger partial charge in [0.2, 0.25) is 11.8 Å². The zero-order valence-electron chi connectivity index (χ0n) is 17.3. The maximum Gasteiger partial charge on any atom is 0.434 e. The Hall–Kier alpha value is -3.26. The lowest BCUT2D eigenvalue weighted by atomic mass is 9.91. The first-order valence-electron chi connectivity index (χ1n) is 9.92. The summed E-state index contributed by atoms with van der Waals surface area (Å²) >= 11 is 0. The van der Waals surface area contributed by atoms with Gasteiger partial charge in [-0.2, -0.15) is 26.3 Å². The van der Waals surface area contributed by atoms with Crippen molar-refractivity contribution in [1.82, 2.24) is 9.88 Å². The van der Waals surface area contributed by atoms with Gasteiger partial charge < -0.3 is 24.8 Å². The number of ether oxygens (including phenoxy) is 2. The molecule has 1 aliphatic heterocycles. The van der Waals surface area contributed by atoms with E-state index in [-0.39, 0.29) is 37.7 Å². The van der Waals surface area contributed by atoms with E-state index in [0.29, 0.717) is 12.1 Å². The second kappa shape index (κ2) is 9.18. The smallest absolute Gasteiger partial charge is 0.434 e. The number of anilines is 1. The number of alkyl halides is 6. The first-order valence-corrected chi connectivity index (χ1v) is 9.92. The molecule has 0 aromatic carbocycles. The maximum absolute atomic E-state index is 12.6. The molecule has 2 heterocycles. The van der Waals surface area contributed by atoms with Gasteiger partial charge >= 0.3 is 24.4 Å². The number of carboxylic acids is 1. The second-order valence-electron chi connectivity index (χ2n) is 8.01. The van der Waals surface area contributed by atoms with Crippen LogP contribution >= 0.6 is 0 Å². The Labute approximate surface area is 188 Å². The van der Waals surface area contributed by atoms with Crippen LogP contribution in [0.2, 0.25) is 0 Å². The van der Waals surface area contributed by atoms with Crippen molar-refractivity contribution >= 4 is 23.7 Å².